The molecule has 1 aromatic heterocycles. The van der Waals surface area contributed by atoms with Crippen molar-refractivity contribution in [1.82, 2.24) is 10.1 Å². The molecule has 3 N–H and O–H groups in total. The first-order chi connectivity index (χ1) is 7.85. The van der Waals surface area contributed by atoms with Crippen molar-refractivity contribution in [3.05, 3.63) is 41.7 Å². The van der Waals surface area contributed by atoms with Crippen molar-refractivity contribution in [1.29, 1.82) is 0 Å². The lowest BCUT2D eigenvalue weighted by Gasteiger charge is -2.09. The van der Waals surface area contributed by atoms with Crippen molar-refractivity contribution >= 4 is 6.01 Å². The van der Waals surface area contributed by atoms with E-state index >= 15 is 0 Å². The molecule has 0 radical (unpaired) electrons. The first kappa shape index (κ1) is 9.35. The van der Waals surface area contributed by atoms with Crippen LogP contribution in [-0.2, 0) is 5.41 Å². The van der Waals surface area contributed by atoms with Gasteiger partial charge in [0, 0.05) is 0 Å². The predicted octanol–water partition coefficient (Wildman–Crippen LogP) is 1.44. The molecular formula is C11H12N4O. The number of nitrogens with two attached hydrogens (primary N) is 1. The van der Waals surface area contributed by atoms with Gasteiger partial charge in [0.15, 0.2) is 5.82 Å². The van der Waals surface area contributed by atoms with Crippen LogP contribution < -0.4 is 11.3 Å². The molecule has 1 saturated carbocycles. The molecule has 1 aromatic carbocycles. The van der Waals surface area contributed by atoms with Crippen molar-refractivity contribution in [3.8, 4) is 0 Å². The molecule has 0 bridgehead atoms. The molecule has 3 rings (SSSR count). The number of hydrogen-bond acceptors (Lipinski definition) is 5. The van der Waals surface area contributed by atoms with Gasteiger partial charge < -0.3 is 4.52 Å². The molecule has 16 heavy (non-hydrogen) atoms. The minimum absolute atomic E-state index is 0.0557. The van der Waals surface area contributed by atoms with Gasteiger partial charge in [-0.1, -0.05) is 35.5 Å². The van der Waals surface area contributed by atoms with Crippen LogP contribution in [0.25, 0.3) is 0 Å². The molecule has 1 fully saturated rings. The highest BCUT2D eigenvalue weighted by Gasteiger charge is 2.49. The lowest BCUT2D eigenvalue weighted by atomic mass is 9.95. The summed E-state index contributed by atoms with van der Waals surface area (Å²) in [5.41, 5.74) is 3.54. The molecule has 0 saturated heterocycles. The highest BCUT2D eigenvalue weighted by Crippen LogP contribution is 2.52. The van der Waals surface area contributed by atoms with Crippen molar-refractivity contribution < 1.29 is 4.52 Å². The fourth-order valence-corrected chi connectivity index (χ4v) is 2.00. The maximum absolute atomic E-state index is 5.22. The molecule has 0 amide bonds. The second kappa shape index (κ2) is 3.31. The third kappa shape index (κ3) is 1.29. The van der Waals surface area contributed by atoms with Crippen LogP contribution in [-0.4, -0.2) is 10.1 Å². The van der Waals surface area contributed by atoms with Crippen molar-refractivity contribution in [3.63, 3.8) is 0 Å². The Hall–Kier alpha value is -1.88. The highest BCUT2D eigenvalue weighted by molar-refractivity contribution is 5.39. The molecule has 0 spiro atoms. The molecule has 0 aliphatic heterocycles. The van der Waals surface area contributed by atoms with E-state index in [-0.39, 0.29) is 11.4 Å². The largest absolute Gasteiger partial charge is 0.335 e. The predicted molar refractivity (Wildman–Crippen MR) is 58.6 cm³/mol. The maximum Gasteiger partial charge on any atom is 0.335 e. The Bertz CT molecular complexity index is 490. The third-order valence-electron chi connectivity index (χ3n) is 3.05. The van der Waals surface area contributed by atoms with E-state index in [1.54, 1.807) is 0 Å². The van der Waals surface area contributed by atoms with E-state index in [1.807, 2.05) is 18.2 Å². The Morgan fingerprint density at radius 3 is 2.56 bits per heavy atom. The van der Waals surface area contributed by atoms with E-state index in [1.165, 1.54) is 5.56 Å². The molecular weight excluding hydrogens is 204 g/mol. The number of nitrogens with one attached hydrogen (secondary N) is 1. The number of aromatic nitrogens is 2. The Kier molecular flexibility index (Phi) is 1.94. The van der Waals surface area contributed by atoms with Gasteiger partial charge in [-0.3, -0.25) is 5.43 Å². The summed E-state index contributed by atoms with van der Waals surface area (Å²) < 4.78 is 4.96. The van der Waals surface area contributed by atoms with Gasteiger partial charge in [0.25, 0.3) is 0 Å². The van der Waals surface area contributed by atoms with Gasteiger partial charge in [-0.15, -0.1) is 0 Å². The van der Waals surface area contributed by atoms with Crippen LogP contribution in [0.3, 0.4) is 0 Å². The highest BCUT2D eigenvalue weighted by atomic mass is 16.5. The molecule has 0 unspecified atom stereocenters. The summed E-state index contributed by atoms with van der Waals surface area (Å²) in [5.74, 6) is 5.93. The normalized spacial score (nSPS) is 17.1. The maximum atomic E-state index is 5.22. The number of benzene rings is 1. The van der Waals surface area contributed by atoms with Gasteiger partial charge in [0.1, 0.15) is 0 Å². The zero-order valence-corrected chi connectivity index (χ0v) is 8.68. The summed E-state index contributed by atoms with van der Waals surface area (Å²) in [4.78, 5) is 4.23. The summed E-state index contributed by atoms with van der Waals surface area (Å²) in [6.45, 7) is 0. The van der Waals surface area contributed by atoms with Gasteiger partial charge in [-0.25, -0.2) is 5.84 Å². The van der Waals surface area contributed by atoms with Crippen LogP contribution in [0, 0.1) is 0 Å². The lowest BCUT2D eigenvalue weighted by Crippen LogP contribution is -2.11. The van der Waals surface area contributed by atoms with Crippen LogP contribution in [0.15, 0.2) is 34.9 Å². The van der Waals surface area contributed by atoms with Crippen molar-refractivity contribution in [2.24, 2.45) is 5.84 Å². The minimum Gasteiger partial charge on any atom is -0.314 e. The van der Waals surface area contributed by atoms with Crippen LogP contribution in [0.4, 0.5) is 6.01 Å². The summed E-state index contributed by atoms with van der Waals surface area (Å²) in [7, 11) is 0. The van der Waals surface area contributed by atoms with E-state index in [4.69, 9.17) is 10.4 Å². The molecule has 5 heteroatoms. The topological polar surface area (TPSA) is 77.0 Å². The van der Waals surface area contributed by atoms with E-state index in [9.17, 15) is 0 Å². The number of anilines is 1. The number of rotatable bonds is 3. The van der Waals surface area contributed by atoms with Crippen molar-refractivity contribution in [2.75, 3.05) is 5.43 Å². The van der Waals surface area contributed by atoms with Crippen molar-refractivity contribution in [2.45, 2.75) is 18.3 Å². The minimum atomic E-state index is -0.0557. The van der Waals surface area contributed by atoms with E-state index in [0.29, 0.717) is 5.82 Å². The van der Waals surface area contributed by atoms with Gasteiger partial charge in [-0.2, -0.15) is 4.98 Å². The molecule has 1 aliphatic rings. The van der Waals surface area contributed by atoms with Crippen LogP contribution in [0.2, 0.25) is 0 Å². The Morgan fingerprint density at radius 1 is 1.25 bits per heavy atom. The number of hydrazine groups is 1. The molecule has 1 heterocycles. The molecule has 0 atom stereocenters. The Morgan fingerprint density at radius 2 is 2.00 bits per heavy atom. The van der Waals surface area contributed by atoms with E-state index < -0.39 is 0 Å². The second-order valence-corrected chi connectivity index (χ2v) is 4.02. The zero-order chi connectivity index (χ0) is 11.0. The fourth-order valence-electron chi connectivity index (χ4n) is 2.00. The van der Waals surface area contributed by atoms with Crippen LogP contribution in [0.1, 0.15) is 24.2 Å². The quantitative estimate of drug-likeness (QED) is 0.599. The van der Waals surface area contributed by atoms with Crippen LogP contribution in [0.5, 0.6) is 0 Å². The lowest BCUT2D eigenvalue weighted by molar-refractivity contribution is 0.418. The van der Waals surface area contributed by atoms with E-state index in [2.05, 4.69) is 27.7 Å². The zero-order valence-electron chi connectivity index (χ0n) is 8.68. The Labute approximate surface area is 92.6 Å². The Balaban J connectivity index is 2.00. The first-order valence-electron chi connectivity index (χ1n) is 5.21. The van der Waals surface area contributed by atoms with Gasteiger partial charge in [-0.05, 0) is 18.4 Å². The van der Waals surface area contributed by atoms with E-state index in [0.717, 1.165) is 12.8 Å². The third-order valence-corrected chi connectivity index (χ3v) is 3.05. The summed E-state index contributed by atoms with van der Waals surface area (Å²) in [6.07, 6.45) is 2.11. The monoisotopic (exact) mass is 216 g/mol. The first-order valence-corrected chi connectivity index (χ1v) is 5.21. The van der Waals surface area contributed by atoms with Gasteiger partial charge >= 0.3 is 6.01 Å². The second-order valence-electron chi connectivity index (χ2n) is 4.02. The molecule has 1 aliphatic carbocycles. The average Bonchev–Trinajstić information content (AvgIpc) is 3.02. The van der Waals surface area contributed by atoms with Crippen LogP contribution >= 0.6 is 0 Å². The number of hydrogen-bond donors (Lipinski definition) is 2. The average molecular weight is 216 g/mol. The summed E-state index contributed by atoms with van der Waals surface area (Å²) in [5, 5.41) is 3.97. The standard InChI is InChI=1S/C11H12N4O/c12-14-10-13-9(15-16-10)11(6-7-11)8-4-2-1-3-5-8/h1-5H,6-7,12H2,(H,13,14,15). The molecule has 2 aromatic rings. The SMILES string of the molecule is NNc1nc(C2(c3ccccc3)CC2)no1. The molecule has 5 nitrogen and oxygen atoms in total. The molecule has 82 valence electrons. The number of nitrogen functional groups attached to an aromatic ring is 1. The number of nitrogens with zero attached hydrogens (tertiary/aromatic N) is 2. The fraction of sp³-hybridized carbons (Fsp3) is 0.273. The summed E-state index contributed by atoms with van der Waals surface area (Å²) >= 11 is 0. The smallest absolute Gasteiger partial charge is 0.314 e. The van der Waals surface area contributed by atoms with Gasteiger partial charge in [0.05, 0.1) is 5.41 Å². The van der Waals surface area contributed by atoms with Gasteiger partial charge in [0.2, 0.25) is 0 Å². The summed E-state index contributed by atoms with van der Waals surface area (Å²) in [6, 6.07) is 10.5.